The van der Waals surface area contributed by atoms with E-state index in [-0.39, 0.29) is 0 Å². The zero-order valence-corrected chi connectivity index (χ0v) is 9.31. The van der Waals surface area contributed by atoms with Crippen LogP contribution in [0.3, 0.4) is 0 Å². The van der Waals surface area contributed by atoms with Gasteiger partial charge in [-0.2, -0.15) is 0 Å². The van der Waals surface area contributed by atoms with E-state index in [4.69, 9.17) is 0 Å². The van der Waals surface area contributed by atoms with Crippen LogP contribution >= 0.6 is 12.2 Å². The summed E-state index contributed by atoms with van der Waals surface area (Å²) in [6.07, 6.45) is 3.31. The smallest absolute Gasteiger partial charge is 0.0585 e. The number of hydrogen-bond donors (Lipinski definition) is 0. The standard InChI is InChI=1S/C12H15NS/c1-2-5-11-6-3-4-7-12(11)8-9-13-10-14/h3-4,6-7H,2,5,8-9H2,1H3. The molecule has 0 saturated carbocycles. The summed E-state index contributed by atoms with van der Waals surface area (Å²) in [5.74, 6) is 0. The van der Waals surface area contributed by atoms with Crippen LogP contribution in [0.1, 0.15) is 24.5 Å². The Labute approximate surface area is 90.9 Å². The molecule has 0 fully saturated rings. The third-order valence-electron chi connectivity index (χ3n) is 2.20. The van der Waals surface area contributed by atoms with Gasteiger partial charge in [-0.1, -0.05) is 37.6 Å². The summed E-state index contributed by atoms with van der Waals surface area (Å²) in [6, 6.07) is 8.54. The molecular formula is C12H15NS. The van der Waals surface area contributed by atoms with Crippen LogP contribution in [0.25, 0.3) is 0 Å². The largest absolute Gasteiger partial charge is 0.232 e. The predicted molar refractivity (Wildman–Crippen MR) is 64.0 cm³/mol. The lowest BCUT2D eigenvalue weighted by atomic mass is 10.0. The van der Waals surface area contributed by atoms with Crippen LogP contribution in [-0.4, -0.2) is 11.7 Å². The van der Waals surface area contributed by atoms with Gasteiger partial charge in [0, 0.05) is 0 Å². The van der Waals surface area contributed by atoms with Crippen molar-refractivity contribution in [2.24, 2.45) is 4.99 Å². The minimum Gasteiger partial charge on any atom is -0.232 e. The van der Waals surface area contributed by atoms with Crippen molar-refractivity contribution in [2.45, 2.75) is 26.2 Å². The van der Waals surface area contributed by atoms with E-state index < -0.39 is 0 Å². The van der Waals surface area contributed by atoms with E-state index in [0.29, 0.717) is 0 Å². The van der Waals surface area contributed by atoms with Gasteiger partial charge in [0.2, 0.25) is 0 Å². The fourth-order valence-corrected chi connectivity index (χ4v) is 1.63. The number of aliphatic imine (C=N–C) groups is 1. The summed E-state index contributed by atoms with van der Waals surface area (Å²) in [5.41, 5.74) is 2.83. The van der Waals surface area contributed by atoms with Gasteiger partial charge in [-0.25, -0.2) is 4.99 Å². The molecule has 0 unspecified atom stereocenters. The molecule has 1 aromatic carbocycles. The Bertz CT molecular complexity index is 327. The van der Waals surface area contributed by atoms with E-state index in [9.17, 15) is 0 Å². The van der Waals surface area contributed by atoms with Crippen LogP contribution < -0.4 is 0 Å². The van der Waals surface area contributed by atoms with Crippen LogP contribution in [-0.2, 0) is 12.8 Å². The molecule has 0 bridgehead atoms. The van der Waals surface area contributed by atoms with Gasteiger partial charge in [0.15, 0.2) is 0 Å². The first-order valence-corrected chi connectivity index (χ1v) is 5.39. The lowest BCUT2D eigenvalue weighted by Gasteiger charge is -2.06. The predicted octanol–water partition coefficient (Wildman–Crippen LogP) is 3.28. The molecular weight excluding hydrogens is 190 g/mol. The first kappa shape index (κ1) is 11.1. The van der Waals surface area contributed by atoms with Gasteiger partial charge in [0.05, 0.1) is 11.7 Å². The average Bonchev–Trinajstić information content (AvgIpc) is 2.21. The minimum atomic E-state index is 0.754. The van der Waals surface area contributed by atoms with Crippen LogP contribution in [0.4, 0.5) is 0 Å². The third-order valence-corrected chi connectivity index (χ3v) is 2.32. The highest BCUT2D eigenvalue weighted by molar-refractivity contribution is 7.78. The van der Waals surface area contributed by atoms with E-state index in [0.717, 1.165) is 19.4 Å². The van der Waals surface area contributed by atoms with Crippen molar-refractivity contribution in [1.82, 2.24) is 0 Å². The van der Waals surface area contributed by atoms with Crippen LogP contribution in [0.5, 0.6) is 0 Å². The monoisotopic (exact) mass is 205 g/mol. The molecule has 0 heterocycles. The van der Waals surface area contributed by atoms with E-state index in [1.165, 1.54) is 17.5 Å². The lowest BCUT2D eigenvalue weighted by Crippen LogP contribution is -1.95. The number of benzene rings is 1. The van der Waals surface area contributed by atoms with Crippen LogP contribution in [0.2, 0.25) is 0 Å². The number of hydrogen-bond acceptors (Lipinski definition) is 2. The van der Waals surface area contributed by atoms with Gasteiger partial charge in [-0.15, -0.1) is 0 Å². The van der Waals surface area contributed by atoms with Crippen molar-refractivity contribution >= 4 is 17.4 Å². The van der Waals surface area contributed by atoms with Crippen molar-refractivity contribution in [2.75, 3.05) is 6.54 Å². The van der Waals surface area contributed by atoms with E-state index in [2.05, 4.69) is 53.6 Å². The highest BCUT2D eigenvalue weighted by atomic mass is 32.1. The summed E-state index contributed by atoms with van der Waals surface area (Å²) < 4.78 is 0. The molecule has 0 radical (unpaired) electrons. The summed E-state index contributed by atoms with van der Waals surface area (Å²) >= 11 is 4.53. The van der Waals surface area contributed by atoms with Crippen molar-refractivity contribution < 1.29 is 0 Å². The molecule has 0 spiro atoms. The van der Waals surface area contributed by atoms with Crippen molar-refractivity contribution in [3.05, 3.63) is 35.4 Å². The van der Waals surface area contributed by atoms with Crippen molar-refractivity contribution in [3.8, 4) is 0 Å². The Morgan fingerprint density at radius 2 is 1.86 bits per heavy atom. The number of isothiocyanates is 1. The summed E-state index contributed by atoms with van der Waals surface area (Å²) in [6.45, 7) is 2.95. The maximum Gasteiger partial charge on any atom is 0.0585 e. The van der Waals surface area contributed by atoms with Crippen molar-refractivity contribution in [1.29, 1.82) is 0 Å². The van der Waals surface area contributed by atoms with E-state index >= 15 is 0 Å². The van der Waals surface area contributed by atoms with E-state index in [1.807, 2.05) is 0 Å². The summed E-state index contributed by atoms with van der Waals surface area (Å²) in [5, 5.41) is 2.40. The van der Waals surface area contributed by atoms with Gasteiger partial charge in [-0.05, 0) is 36.2 Å². The molecule has 14 heavy (non-hydrogen) atoms. The van der Waals surface area contributed by atoms with Crippen LogP contribution in [0.15, 0.2) is 29.3 Å². The first-order valence-electron chi connectivity index (χ1n) is 4.99. The quantitative estimate of drug-likeness (QED) is 0.531. The second kappa shape index (κ2) is 6.47. The fraction of sp³-hybridized carbons (Fsp3) is 0.417. The average molecular weight is 205 g/mol. The lowest BCUT2D eigenvalue weighted by molar-refractivity contribution is 0.881. The number of thiocarbonyl (C=S) groups is 1. The molecule has 1 aromatic rings. The normalized spacial score (nSPS) is 9.50. The second-order valence-corrected chi connectivity index (χ2v) is 3.42. The molecule has 0 amide bonds. The van der Waals surface area contributed by atoms with Gasteiger partial charge in [-0.3, -0.25) is 0 Å². The minimum absolute atomic E-state index is 0.754. The molecule has 74 valence electrons. The van der Waals surface area contributed by atoms with Crippen LogP contribution in [0, 0.1) is 0 Å². The molecule has 0 aliphatic rings. The first-order chi connectivity index (χ1) is 6.88. The Balaban J connectivity index is 2.68. The number of rotatable bonds is 5. The molecule has 1 rings (SSSR count). The molecule has 0 N–H and O–H groups in total. The zero-order valence-electron chi connectivity index (χ0n) is 8.49. The molecule has 0 aliphatic heterocycles. The number of aryl methyl sites for hydroxylation is 1. The maximum atomic E-state index is 4.53. The molecule has 0 aliphatic carbocycles. The van der Waals surface area contributed by atoms with Gasteiger partial charge in [0.1, 0.15) is 0 Å². The molecule has 0 saturated heterocycles. The fourth-order valence-electron chi connectivity index (χ4n) is 1.54. The summed E-state index contributed by atoms with van der Waals surface area (Å²) in [7, 11) is 0. The maximum absolute atomic E-state index is 4.53. The highest BCUT2D eigenvalue weighted by Gasteiger charge is 1.99. The van der Waals surface area contributed by atoms with Gasteiger partial charge in [0.25, 0.3) is 0 Å². The molecule has 1 nitrogen and oxygen atoms in total. The zero-order chi connectivity index (χ0) is 10.2. The Kier molecular flexibility index (Phi) is 5.13. The Morgan fingerprint density at radius 1 is 1.21 bits per heavy atom. The molecule has 2 heteroatoms. The summed E-state index contributed by atoms with van der Waals surface area (Å²) in [4.78, 5) is 3.93. The molecule has 0 aromatic heterocycles. The molecule has 0 atom stereocenters. The highest BCUT2D eigenvalue weighted by Crippen LogP contribution is 2.11. The third kappa shape index (κ3) is 3.41. The van der Waals surface area contributed by atoms with Crippen molar-refractivity contribution in [3.63, 3.8) is 0 Å². The topological polar surface area (TPSA) is 12.4 Å². The van der Waals surface area contributed by atoms with E-state index in [1.54, 1.807) is 0 Å². The second-order valence-electron chi connectivity index (χ2n) is 3.24. The SMILES string of the molecule is CCCc1ccccc1CCN=C=S. The van der Waals surface area contributed by atoms with Gasteiger partial charge < -0.3 is 0 Å². The van der Waals surface area contributed by atoms with Gasteiger partial charge >= 0.3 is 0 Å². The Hall–Kier alpha value is -0.980. The Morgan fingerprint density at radius 3 is 2.43 bits per heavy atom. The number of nitrogens with zero attached hydrogens (tertiary/aromatic N) is 1.